The summed E-state index contributed by atoms with van der Waals surface area (Å²) >= 11 is 1.11. The Bertz CT molecular complexity index is 788. The number of nitrogens with zero attached hydrogens (tertiary/aromatic N) is 2. The smallest absolute Gasteiger partial charge is 0.230 e. The van der Waals surface area contributed by atoms with Crippen LogP contribution in [-0.2, 0) is 4.79 Å². The number of rotatable bonds is 3. The van der Waals surface area contributed by atoms with E-state index in [1.165, 1.54) is 31.7 Å². The Balaban J connectivity index is 1.45. The van der Waals surface area contributed by atoms with Crippen LogP contribution in [0.3, 0.4) is 0 Å². The molecule has 134 valence electrons. The van der Waals surface area contributed by atoms with Crippen LogP contribution in [0.1, 0.15) is 38.5 Å². The molecule has 0 spiro atoms. The Hall–Kier alpha value is -1.60. The molecule has 2 heterocycles. The zero-order valence-electron chi connectivity index (χ0n) is 13.9. The van der Waals surface area contributed by atoms with Crippen molar-refractivity contribution in [2.75, 3.05) is 18.4 Å². The van der Waals surface area contributed by atoms with Gasteiger partial charge in [0, 0.05) is 18.7 Å². The van der Waals surface area contributed by atoms with Gasteiger partial charge < -0.3 is 5.32 Å². The highest BCUT2D eigenvalue weighted by Crippen LogP contribution is 2.31. The molecule has 4 rings (SSSR count). The number of halogens is 2. The van der Waals surface area contributed by atoms with Gasteiger partial charge in [-0.1, -0.05) is 24.2 Å². The van der Waals surface area contributed by atoms with Crippen LogP contribution in [0.5, 0.6) is 0 Å². The predicted octanol–water partition coefficient (Wildman–Crippen LogP) is 4.17. The number of amides is 1. The molecule has 1 amide bonds. The molecule has 0 bridgehead atoms. The number of hydrogen-bond donors (Lipinski definition) is 1. The lowest BCUT2D eigenvalue weighted by atomic mass is 9.95. The zero-order valence-corrected chi connectivity index (χ0v) is 14.7. The number of piperidine rings is 1. The van der Waals surface area contributed by atoms with Crippen molar-refractivity contribution in [1.29, 1.82) is 0 Å². The van der Waals surface area contributed by atoms with Crippen molar-refractivity contribution in [1.82, 2.24) is 9.88 Å². The summed E-state index contributed by atoms with van der Waals surface area (Å²) in [5.74, 6) is -1.46. The Labute approximate surface area is 149 Å². The number of benzene rings is 1. The van der Waals surface area contributed by atoms with Gasteiger partial charge in [-0.15, -0.1) is 0 Å². The Morgan fingerprint density at radius 3 is 2.80 bits per heavy atom. The number of nitrogens with one attached hydrogen (secondary N) is 1. The molecular weight excluding hydrogens is 344 g/mol. The summed E-state index contributed by atoms with van der Waals surface area (Å²) in [7, 11) is 0. The van der Waals surface area contributed by atoms with E-state index in [0.717, 1.165) is 43.3 Å². The van der Waals surface area contributed by atoms with Gasteiger partial charge in [-0.3, -0.25) is 9.69 Å². The first-order chi connectivity index (χ1) is 12.1. The molecule has 1 saturated carbocycles. The van der Waals surface area contributed by atoms with Gasteiger partial charge in [-0.05, 0) is 38.3 Å². The third kappa shape index (κ3) is 3.53. The Kier molecular flexibility index (Phi) is 4.69. The molecule has 2 fully saturated rings. The summed E-state index contributed by atoms with van der Waals surface area (Å²) in [4.78, 5) is 19.2. The van der Waals surface area contributed by atoms with Crippen LogP contribution in [0.15, 0.2) is 12.1 Å². The van der Waals surface area contributed by atoms with Crippen molar-refractivity contribution >= 4 is 32.6 Å². The Morgan fingerprint density at radius 1 is 1.20 bits per heavy atom. The zero-order chi connectivity index (χ0) is 17.4. The fourth-order valence-electron chi connectivity index (χ4n) is 4.04. The predicted molar refractivity (Wildman–Crippen MR) is 94.7 cm³/mol. The molecule has 0 radical (unpaired) electrons. The van der Waals surface area contributed by atoms with Gasteiger partial charge in [0.2, 0.25) is 5.91 Å². The van der Waals surface area contributed by atoms with Crippen LogP contribution in [0.2, 0.25) is 0 Å². The first-order valence-corrected chi connectivity index (χ1v) is 9.72. The highest BCUT2D eigenvalue weighted by Gasteiger charge is 2.31. The second kappa shape index (κ2) is 6.96. The molecule has 1 aromatic carbocycles. The van der Waals surface area contributed by atoms with E-state index in [-0.39, 0.29) is 17.3 Å². The summed E-state index contributed by atoms with van der Waals surface area (Å²) in [6.45, 7) is 1.85. The second-order valence-electron chi connectivity index (χ2n) is 7.01. The maximum atomic E-state index is 13.8. The SMILES string of the molecule is O=C(Nc1nc2c(F)cc(F)cc2s1)C1CCCN(C2CCCC2)C1. The van der Waals surface area contributed by atoms with Crippen molar-refractivity contribution in [3.8, 4) is 0 Å². The largest absolute Gasteiger partial charge is 0.302 e. The van der Waals surface area contributed by atoms with Crippen molar-refractivity contribution in [3.05, 3.63) is 23.8 Å². The number of anilines is 1. The first kappa shape index (κ1) is 16.8. The number of likely N-dealkylation sites (tertiary alicyclic amines) is 1. The molecule has 1 saturated heterocycles. The minimum Gasteiger partial charge on any atom is -0.302 e. The summed E-state index contributed by atoms with van der Waals surface area (Å²) in [6.07, 6.45) is 6.92. The normalized spacial score (nSPS) is 22.6. The van der Waals surface area contributed by atoms with Gasteiger partial charge in [0.05, 0.1) is 10.6 Å². The van der Waals surface area contributed by atoms with Crippen molar-refractivity contribution in [3.63, 3.8) is 0 Å². The summed E-state index contributed by atoms with van der Waals surface area (Å²) in [5.41, 5.74) is 0.109. The summed E-state index contributed by atoms with van der Waals surface area (Å²) in [6, 6.07) is 2.68. The lowest BCUT2D eigenvalue weighted by Gasteiger charge is -2.36. The average molecular weight is 365 g/mol. The van der Waals surface area contributed by atoms with E-state index in [2.05, 4.69) is 15.2 Å². The van der Waals surface area contributed by atoms with Gasteiger partial charge >= 0.3 is 0 Å². The van der Waals surface area contributed by atoms with Gasteiger partial charge in [0.15, 0.2) is 10.9 Å². The maximum absolute atomic E-state index is 13.8. The molecule has 7 heteroatoms. The highest BCUT2D eigenvalue weighted by molar-refractivity contribution is 7.22. The fourth-order valence-corrected chi connectivity index (χ4v) is 4.95. The van der Waals surface area contributed by atoms with Crippen LogP contribution < -0.4 is 5.32 Å². The topological polar surface area (TPSA) is 45.2 Å². The number of aromatic nitrogens is 1. The van der Waals surface area contributed by atoms with Crippen LogP contribution in [0.4, 0.5) is 13.9 Å². The lowest BCUT2D eigenvalue weighted by Crippen LogP contribution is -2.44. The molecule has 2 aromatic rings. The second-order valence-corrected chi connectivity index (χ2v) is 8.05. The van der Waals surface area contributed by atoms with E-state index in [0.29, 0.717) is 15.9 Å². The maximum Gasteiger partial charge on any atom is 0.230 e. The van der Waals surface area contributed by atoms with Gasteiger partial charge in [0.1, 0.15) is 11.3 Å². The molecule has 4 nitrogen and oxygen atoms in total. The first-order valence-electron chi connectivity index (χ1n) is 8.90. The highest BCUT2D eigenvalue weighted by atomic mass is 32.1. The number of carbonyl (C=O) groups excluding carboxylic acids is 1. The average Bonchev–Trinajstić information content (AvgIpc) is 3.24. The van der Waals surface area contributed by atoms with E-state index in [4.69, 9.17) is 0 Å². The van der Waals surface area contributed by atoms with E-state index < -0.39 is 11.6 Å². The molecular formula is C18H21F2N3OS. The van der Waals surface area contributed by atoms with Crippen molar-refractivity contribution < 1.29 is 13.6 Å². The monoisotopic (exact) mass is 365 g/mol. The van der Waals surface area contributed by atoms with E-state index in [1.54, 1.807) is 0 Å². The van der Waals surface area contributed by atoms with Crippen molar-refractivity contribution in [2.45, 2.75) is 44.6 Å². The van der Waals surface area contributed by atoms with E-state index >= 15 is 0 Å². The third-order valence-corrected chi connectivity index (χ3v) is 6.23. The Morgan fingerprint density at radius 2 is 2.00 bits per heavy atom. The molecule has 1 aromatic heterocycles. The summed E-state index contributed by atoms with van der Waals surface area (Å²) in [5, 5.41) is 3.15. The fraction of sp³-hybridized carbons (Fsp3) is 0.556. The molecule has 1 N–H and O–H groups in total. The van der Waals surface area contributed by atoms with Gasteiger partial charge in [-0.2, -0.15) is 0 Å². The molecule has 25 heavy (non-hydrogen) atoms. The number of thiazole rings is 1. The minimum absolute atomic E-state index is 0.0667. The van der Waals surface area contributed by atoms with Crippen LogP contribution in [0.25, 0.3) is 10.2 Å². The van der Waals surface area contributed by atoms with Gasteiger partial charge in [0.25, 0.3) is 0 Å². The molecule has 1 aliphatic heterocycles. The van der Waals surface area contributed by atoms with E-state index in [1.807, 2.05) is 0 Å². The summed E-state index contributed by atoms with van der Waals surface area (Å²) < 4.78 is 27.5. The quantitative estimate of drug-likeness (QED) is 0.888. The number of carbonyl (C=O) groups is 1. The minimum atomic E-state index is -0.697. The standard InChI is InChI=1S/C18H21F2N3OS/c19-12-8-14(20)16-15(9-12)25-18(21-16)22-17(24)11-4-3-7-23(10-11)13-5-1-2-6-13/h8-9,11,13H,1-7,10H2,(H,21,22,24). The van der Waals surface area contributed by atoms with Gasteiger partial charge in [-0.25, -0.2) is 13.8 Å². The molecule has 1 unspecified atom stereocenters. The number of hydrogen-bond acceptors (Lipinski definition) is 4. The lowest BCUT2D eigenvalue weighted by molar-refractivity contribution is -0.121. The van der Waals surface area contributed by atoms with Crippen molar-refractivity contribution in [2.24, 2.45) is 5.92 Å². The van der Waals surface area contributed by atoms with Crippen LogP contribution >= 0.6 is 11.3 Å². The molecule has 1 aliphatic carbocycles. The van der Waals surface area contributed by atoms with Crippen LogP contribution in [-0.4, -0.2) is 34.9 Å². The third-order valence-electron chi connectivity index (χ3n) is 5.31. The van der Waals surface area contributed by atoms with E-state index in [9.17, 15) is 13.6 Å². The molecule has 1 atom stereocenters. The number of fused-ring (bicyclic) bond motifs is 1. The van der Waals surface area contributed by atoms with Crippen LogP contribution in [0, 0.1) is 17.6 Å². The molecule has 2 aliphatic rings.